The van der Waals surface area contributed by atoms with E-state index >= 15 is 0 Å². The predicted molar refractivity (Wildman–Crippen MR) is 45.6 cm³/mol. The third kappa shape index (κ3) is 10.1. The van der Waals surface area contributed by atoms with Gasteiger partial charge in [0.25, 0.3) is 0 Å². The lowest BCUT2D eigenvalue weighted by Crippen LogP contribution is -1.89. The molecule has 0 fully saturated rings. The summed E-state index contributed by atoms with van der Waals surface area (Å²) in [4.78, 5) is 8.09. The van der Waals surface area contributed by atoms with Gasteiger partial charge in [-0.2, -0.15) is 0 Å². The largest absolute Gasteiger partial charge is 0.510 e. The summed E-state index contributed by atoms with van der Waals surface area (Å²) < 4.78 is 25.9. The third-order valence-corrected chi connectivity index (χ3v) is 2.00. The first-order valence-electron chi connectivity index (χ1n) is 4.23. The van der Waals surface area contributed by atoms with Gasteiger partial charge in [-0.1, -0.05) is 32.6 Å². The number of halogens is 1. The molecule has 0 aliphatic heterocycles. The maximum Gasteiger partial charge on any atom is 0.510 e. The Labute approximate surface area is 72.6 Å². The highest BCUT2D eigenvalue weighted by atomic mass is 31.2. The molecule has 1 N–H and O–H groups in total. The molecule has 0 amide bonds. The zero-order valence-electron chi connectivity index (χ0n) is 7.33. The Morgan fingerprint density at radius 3 is 2.42 bits per heavy atom. The van der Waals surface area contributed by atoms with Gasteiger partial charge in [-0.05, 0) is 6.42 Å². The van der Waals surface area contributed by atoms with Gasteiger partial charge in [0, 0.05) is 0 Å². The van der Waals surface area contributed by atoms with E-state index in [4.69, 9.17) is 4.89 Å². The van der Waals surface area contributed by atoms with E-state index in [0.717, 1.165) is 25.7 Å². The van der Waals surface area contributed by atoms with Crippen molar-refractivity contribution < 1.29 is 18.2 Å². The first-order chi connectivity index (χ1) is 5.56. The van der Waals surface area contributed by atoms with E-state index < -0.39 is 7.91 Å². The van der Waals surface area contributed by atoms with Gasteiger partial charge in [0.05, 0.1) is 6.61 Å². The minimum absolute atomic E-state index is 0.0357. The molecule has 0 aliphatic carbocycles. The molecule has 0 radical (unpaired) electrons. The van der Waals surface area contributed by atoms with Crippen molar-refractivity contribution in [3.05, 3.63) is 0 Å². The van der Waals surface area contributed by atoms with Crippen LogP contribution in [-0.2, 0) is 9.09 Å². The molecule has 0 aromatic heterocycles. The van der Waals surface area contributed by atoms with E-state index in [9.17, 15) is 8.76 Å². The molecule has 0 aromatic rings. The van der Waals surface area contributed by atoms with Crippen molar-refractivity contribution in [2.45, 2.75) is 39.0 Å². The molecule has 0 spiro atoms. The normalized spacial score (nSPS) is 15.9. The van der Waals surface area contributed by atoms with Gasteiger partial charge in [-0.3, -0.25) is 9.42 Å². The van der Waals surface area contributed by atoms with Crippen LogP contribution in [0.25, 0.3) is 0 Å². The second-order valence-corrected chi connectivity index (χ2v) is 3.86. The van der Waals surface area contributed by atoms with E-state index in [2.05, 4.69) is 11.4 Å². The van der Waals surface area contributed by atoms with Crippen LogP contribution in [0.2, 0.25) is 0 Å². The monoisotopic (exact) mass is 198 g/mol. The van der Waals surface area contributed by atoms with E-state index in [0.29, 0.717) is 6.42 Å². The molecule has 1 unspecified atom stereocenters. The topological polar surface area (TPSA) is 46.5 Å². The summed E-state index contributed by atoms with van der Waals surface area (Å²) in [5.74, 6) is 0. The van der Waals surface area contributed by atoms with Crippen molar-refractivity contribution in [3.8, 4) is 0 Å². The van der Waals surface area contributed by atoms with Crippen LogP contribution >= 0.6 is 7.91 Å². The Morgan fingerprint density at radius 1 is 1.33 bits per heavy atom. The highest BCUT2D eigenvalue weighted by Gasteiger charge is 2.15. The van der Waals surface area contributed by atoms with Crippen LogP contribution in [0.5, 0.6) is 0 Å². The minimum atomic E-state index is -4.72. The smallest absolute Gasteiger partial charge is 0.299 e. The molecule has 0 rings (SSSR count). The third-order valence-electron chi connectivity index (χ3n) is 1.50. The fourth-order valence-corrected chi connectivity index (χ4v) is 1.24. The predicted octanol–water partition coefficient (Wildman–Crippen LogP) is 3.04. The Hall–Kier alpha value is 0.0800. The van der Waals surface area contributed by atoms with Gasteiger partial charge in [0.2, 0.25) is 0 Å². The minimum Gasteiger partial charge on any atom is -0.299 e. The average Bonchev–Trinajstić information content (AvgIpc) is 1.94. The molecule has 0 aromatic carbocycles. The fraction of sp³-hybridized carbons (Fsp3) is 1.00. The standard InChI is InChI=1S/C7H16FO3P/c1-2-3-4-5-6-7-11-12(8,9)10/h2-7H2,1H3,(H,9,10). The SMILES string of the molecule is CCCCCCCOP(=O)(O)F. The van der Waals surface area contributed by atoms with E-state index in [1.165, 1.54) is 0 Å². The summed E-state index contributed by atoms with van der Waals surface area (Å²) in [7, 11) is -4.72. The highest BCUT2D eigenvalue weighted by molar-refractivity contribution is 7.46. The number of hydrogen-bond donors (Lipinski definition) is 1. The molecule has 1 atom stereocenters. The van der Waals surface area contributed by atoms with Crippen molar-refractivity contribution >= 4 is 7.91 Å². The van der Waals surface area contributed by atoms with Crippen LogP contribution in [0.1, 0.15) is 39.0 Å². The van der Waals surface area contributed by atoms with Crippen LogP contribution in [0, 0.1) is 0 Å². The Bertz CT molecular complexity index is 146. The first kappa shape index (κ1) is 12.1. The summed E-state index contributed by atoms with van der Waals surface area (Å²) in [5, 5.41) is 0. The van der Waals surface area contributed by atoms with Gasteiger partial charge in [-0.15, -0.1) is 4.20 Å². The molecule has 74 valence electrons. The first-order valence-corrected chi connectivity index (χ1v) is 5.70. The molecule has 0 saturated carbocycles. The molecular weight excluding hydrogens is 182 g/mol. The van der Waals surface area contributed by atoms with Gasteiger partial charge in [-0.25, -0.2) is 4.57 Å². The van der Waals surface area contributed by atoms with Gasteiger partial charge < -0.3 is 0 Å². The van der Waals surface area contributed by atoms with Crippen LogP contribution in [-0.4, -0.2) is 11.5 Å². The van der Waals surface area contributed by atoms with Crippen LogP contribution < -0.4 is 0 Å². The van der Waals surface area contributed by atoms with Crippen LogP contribution in [0.15, 0.2) is 0 Å². The molecule has 0 bridgehead atoms. The average molecular weight is 198 g/mol. The molecule has 0 saturated heterocycles. The molecular formula is C7H16FO3P. The zero-order chi connectivity index (χ0) is 9.45. The lowest BCUT2D eigenvalue weighted by molar-refractivity contribution is 0.221. The van der Waals surface area contributed by atoms with Gasteiger partial charge >= 0.3 is 7.91 Å². The number of unbranched alkanes of at least 4 members (excludes halogenated alkanes) is 4. The fourth-order valence-electron chi connectivity index (χ4n) is 0.883. The van der Waals surface area contributed by atoms with Crippen LogP contribution in [0.4, 0.5) is 4.20 Å². The van der Waals surface area contributed by atoms with Crippen molar-refractivity contribution in [1.82, 2.24) is 0 Å². The summed E-state index contributed by atoms with van der Waals surface area (Å²) in [6.07, 6.45) is 4.93. The molecule has 0 heterocycles. The van der Waals surface area contributed by atoms with Crippen LogP contribution in [0.3, 0.4) is 0 Å². The van der Waals surface area contributed by atoms with E-state index in [1.54, 1.807) is 0 Å². The molecule has 12 heavy (non-hydrogen) atoms. The lowest BCUT2D eigenvalue weighted by Gasteiger charge is -2.02. The number of hydrogen-bond acceptors (Lipinski definition) is 2. The second kappa shape index (κ2) is 6.58. The molecule has 3 nitrogen and oxygen atoms in total. The molecule has 5 heteroatoms. The summed E-state index contributed by atoms with van der Waals surface area (Å²) in [5.41, 5.74) is 0. The van der Waals surface area contributed by atoms with Crippen molar-refractivity contribution in [1.29, 1.82) is 0 Å². The Kier molecular flexibility index (Phi) is 6.62. The second-order valence-electron chi connectivity index (χ2n) is 2.70. The summed E-state index contributed by atoms with van der Waals surface area (Å²) >= 11 is 0. The maximum atomic E-state index is 11.9. The summed E-state index contributed by atoms with van der Waals surface area (Å²) in [6.45, 7) is 2.13. The van der Waals surface area contributed by atoms with E-state index in [1.807, 2.05) is 0 Å². The molecule has 0 aliphatic rings. The Balaban J connectivity index is 3.06. The Morgan fingerprint density at radius 2 is 1.92 bits per heavy atom. The quantitative estimate of drug-likeness (QED) is 0.505. The number of rotatable bonds is 7. The zero-order valence-corrected chi connectivity index (χ0v) is 8.23. The lowest BCUT2D eigenvalue weighted by atomic mass is 10.2. The highest BCUT2D eigenvalue weighted by Crippen LogP contribution is 2.43. The van der Waals surface area contributed by atoms with Gasteiger partial charge in [0.15, 0.2) is 0 Å². The maximum absolute atomic E-state index is 11.9. The van der Waals surface area contributed by atoms with E-state index in [-0.39, 0.29) is 6.61 Å². The van der Waals surface area contributed by atoms with Crippen molar-refractivity contribution in [3.63, 3.8) is 0 Å². The van der Waals surface area contributed by atoms with Crippen molar-refractivity contribution in [2.24, 2.45) is 0 Å². The summed E-state index contributed by atoms with van der Waals surface area (Å²) in [6, 6.07) is 0. The van der Waals surface area contributed by atoms with Crippen molar-refractivity contribution in [2.75, 3.05) is 6.61 Å². The van der Waals surface area contributed by atoms with Gasteiger partial charge in [0.1, 0.15) is 0 Å².